The summed E-state index contributed by atoms with van der Waals surface area (Å²) in [5, 5.41) is 4.11. The summed E-state index contributed by atoms with van der Waals surface area (Å²) in [6, 6.07) is 5.97. The van der Waals surface area contributed by atoms with Gasteiger partial charge in [-0.15, -0.1) is 0 Å². The summed E-state index contributed by atoms with van der Waals surface area (Å²) in [4.78, 5) is 19.4. The van der Waals surface area contributed by atoms with Crippen molar-refractivity contribution >= 4 is 32.6 Å². The molecule has 2 aliphatic heterocycles. The minimum absolute atomic E-state index is 0.0992. The van der Waals surface area contributed by atoms with Gasteiger partial charge in [0.1, 0.15) is 5.75 Å². The van der Waals surface area contributed by atoms with Gasteiger partial charge in [-0.3, -0.25) is 4.79 Å². The molecule has 1 N–H and O–H groups in total. The molecule has 6 nitrogen and oxygen atoms in total. The Morgan fingerprint density at radius 3 is 2.96 bits per heavy atom. The van der Waals surface area contributed by atoms with Crippen molar-refractivity contribution in [3.8, 4) is 5.75 Å². The van der Waals surface area contributed by atoms with E-state index < -0.39 is 0 Å². The van der Waals surface area contributed by atoms with E-state index in [1.807, 2.05) is 18.2 Å². The van der Waals surface area contributed by atoms with Crippen LogP contribution < -0.4 is 15.0 Å². The van der Waals surface area contributed by atoms with Gasteiger partial charge in [-0.25, -0.2) is 4.98 Å². The first-order valence-corrected chi connectivity index (χ1v) is 10.1. The summed E-state index contributed by atoms with van der Waals surface area (Å²) in [7, 11) is 1.68. The lowest BCUT2D eigenvalue weighted by atomic mass is 9.96. The highest BCUT2D eigenvalue weighted by atomic mass is 32.1. The maximum atomic E-state index is 12.4. The third kappa shape index (κ3) is 3.78. The fourth-order valence-corrected chi connectivity index (χ4v) is 4.70. The summed E-state index contributed by atoms with van der Waals surface area (Å²) in [6.45, 7) is 3.22. The van der Waals surface area contributed by atoms with E-state index in [9.17, 15) is 4.79 Å². The molecule has 1 aromatic heterocycles. The number of piperidine rings is 1. The summed E-state index contributed by atoms with van der Waals surface area (Å²) in [6.07, 6.45) is 4.11. The fourth-order valence-electron chi connectivity index (χ4n) is 3.65. The van der Waals surface area contributed by atoms with E-state index in [1.165, 1.54) is 0 Å². The maximum absolute atomic E-state index is 12.4. The molecule has 1 aromatic carbocycles. The molecule has 0 aliphatic carbocycles. The highest BCUT2D eigenvalue weighted by Gasteiger charge is 2.27. The Kier molecular flexibility index (Phi) is 5.26. The monoisotopic (exact) mass is 375 g/mol. The summed E-state index contributed by atoms with van der Waals surface area (Å²) in [5.74, 6) is 1.13. The molecule has 3 heterocycles. The Hall–Kier alpha value is -1.86. The molecule has 2 fully saturated rings. The normalized spacial score (nSPS) is 21.3. The number of hydrogen-bond donors (Lipinski definition) is 1. The van der Waals surface area contributed by atoms with Crippen molar-refractivity contribution in [1.82, 2.24) is 10.3 Å². The van der Waals surface area contributed by atoms with Crippen LogP contribution in [0.1, 0.15) is 25.7 Å². The van der Waals surface area contributed by atoms with E-state index in [2.05, 4.69) is 10.2 Å². The quantitative estimate of drug-likeness (QED) is 0.871. The smallest absolute Gasteiger partial charge is 0.223 e. The zero-order chi connectivity index (χ0) is 17.9. The number of anilines is 1. The van der Waals surface area contributed by atoms with Crippen molar-refractivity contribution in [2.75, 3.05) is 38.3 Å². The number of hydrogen-bond acceptors (Lipinski definition) is 6. The zero-order valence-electron chi connectivity index (χ0n) is 15.1. The number of fused-ring (bicyclic) bond motifs is 1. The molecule has 140 valence electrons. The summed E-state index contributed by atoms with van der Waals surface area (Å²) in [5.41, 5.74) is 1.00. The number of carbonyl (C=O) groups excluding carboxylic acids is 1. The molecule has 0 saturated carbocycles. The SMILES string of the molecule is COc1ccc2nc(N3CCC(C(=O)NCC4CCCO4)CC3)sc2c1. The van der Waals surface area contributed by atoms with E-state index in [0.717, 1.165) is 66.5 Å². The van der Waals surface area contributed by atoms with Crippen LogP contribution in [-0.4, -0.2) is 50.3 Å². The molecule has 2 aromatic rings. The molecule has 1 amide bonds. The minimum atomic E-state index is 0.0992. The Morgan fingerprint density at radius 1 is 1.38 bits per heavy atom. The first kappa shape index (κ1) is 17.5. The van der Waals surface area contributed by atoms with Crippen LogP contribution in [0.15, 0.2) is 18.2 Å². The number of rotatable bonds is 5. The molecule has 1 atom stereocenters. The second-order valence-electron chi connectivity index (χ2n) is 6.97. The molecule has 7 heteroatoms. The average Bonchev–Trinajstić information content (AvgIpc) is 3.35. The van der Waals surface area contributed by atoms with Gasteiger partial charge in [0.2, 0.25) is 5.91 Å². The van der Waals surface area contributed by atoms with E-state index in [1.54, 1.807) is 18.4 Å². The van der Waals surface area contributed by atoms with Gasteiger partial charge in [0.05, 0.1) is 23.4 Å². The molecule has 0 spiro atoms. The summed E-state index contributed by atoms with van der Waals surface area (Å²) < 4.78 is 12.0. The van der Waals surface area contributed by atoms with Gasteiger partial charge in [-0.05, 0) is 43.9 Å². The molecular formula is C19H25N3O3S. The van der Waals surface area contributed by atoms with E-state index in [-0.39, 0.29) is 17.9 Å². The maximum Gasteiger partial charge on any atom is 0.223 e. The van der Waals surface area contributed by atoms with Gasteiger partial charge in [-0.2, -0.15) is 0 Å². The largest absolute Gasteiger partial charge is 0.497 e. The van der Waals surface area contributed by atoms with Crippen LogP contribution in [0.2, 0.25) is 0 Å². The van der Waals surface area contributed by atoms with Gasteiger partial charge in [-0.1, -0.05) is 11.3 Å². The van der Waals surface area contributed by atoms with E-state index in [0.29, 0.717) is 6.54 Å². The number of thiazole rings is 1. The number of nitrogens with one attached hydrogen (secondary N) is 1. The Balaban J connectivity index is 1.32. The lowest BCUT2D eigenvalue weighted by molar-refractivity contribution is -0.126. The summed E-state index contributed by atoms with van der Waals surface area (Å²) >= 11 is 1.69. The number of nitrogens with zero attached hydrogens (tertiary/aromatic N) is 2. The van der Waals surface area contributed by atoms with Crippen LogP contribution in [0.5, 0.6) is 5.75 Å². The van der Waals surface area contributed by atoms with Crippen LogP contribution >= 0.6 is 11.3 Å². The van der Waals surface area contributed by atoms with E-state index >= 15 is 0 Å². The first-order chi connectivity index (χ1) is 12.7. The minimum Gasteiger partial charge on any atom is -0.497 e. The molecule has 26 heavy (non-hydrogen) atoms. The molecule has 4 rings (SSSR count). The Bertz CT molecular complexity index is 764. The highest BCUT2D eigenvalue weighted by Crippen LogP contribution is 2.33. The van der Waals surface area contributed by atoms with Crippen molar-refractivity contribution in [3.05, 3.63) is 18.2 Å². The number of aromatic nitrogens is 1. The number of methoxy groups -OCH3 is 1. The van der Waals surface area contributed by atoms with Gasteiger partial charge in [0, 0.05) is 32.2 Å². The standard InChI is InChI=1S/C19H25N3O3S/c1-24-14-4-5-16-17(11-14)26-19(21-16)22-8-6-13(7-9-22)18(23)20-12-15-3-2-10-25-15/h4-5,11,13,15H,2-3,6-10,12H2,1H3,(H,20,23). The Morgan fingerprint density at radius 2 is 2.23 bits per heavy atom. The number of ether oxygens (including phenoxy) is 2. The van der Waals surface area contributed by atoms with Crippen molar-refractivity contribution in [2.45, 2.75) is 31.8 Å². The van der Waals surface area contributed by atoms with Crippen LogP contribution in [-0.2, 0) is 9.53 Å². The zero-order valence-corrected chi connectivity index (χ0v) is 15.9. The van der Waals surface area contributed by atoms with Crippen LogP contribution in [0, 0.1) is 5.92 Å². The second-order valence-corrected chi connectivity index (χ2v) is 7.98. The van der Waals surface area contributed by atoms with Crippen molar-refractivity contribution < 1.29 is 14.3 Å². The highest BCUT2D eigenvalue weighted by molar-refractivity contribution is 7.22. The molecule has 2 saturated heterocycles. The third-order valence-corrected chi connectivity index (χ3v) is 6.33. The van der Waals surface area contributed by atoms with E-state index in [4.69, 9.17) is 14.5 Å². The van der Waals surface area contributed by atoms with Crippen molar-refractivity contribution in [2.24, 2.45) is 5.92 Å². The molecule has 0 radical (unpaired) electrons. The van der Waals surface area contributed by atoms with Crippen LogP contribution in [0.4, 0.5) is 5.13 Å². The topological polar surface area (TPSA) is 63.7 Å². The van der Waals surface area contributed by atoms with Crippen LogP contribution in [0.25, 0.3) is 10.2 Å². The van der Waals surface area contributed by atoms with Gasteiger partial charge >= 0.3 is 0 Å². The number of amides is 1. The lowest BCUT2D eigenvalue weighted by Gasteiger charge is -2.31. The molecule has 1 unspecified atom stereocenters. The Labute approximate surface area is 157 Å². The second kappa shape index (κ2) is 7.80. The third-order valence-electron chi connectivity index (χ3n) is 5.25. The van der Waals surface area contributed by atoms with Crippen molar-refractivity contribution in [3.63, 3.8) is 0 Å². The number of benzene rings is 1. The average molecular weight is 375 g/mol. The van der Waals surface area contributed by atoms with Crippen molar-refractivity contribution in [1.29, 1.82) is 0 Å². The fraction of sp³-hybridized carbons (Fsp3) is 0.579. The van der Waals surface area contributed by atoms with Gasteiger partial charge in [0.25, 0.3) is 0 Å². The van der Waals surface area contributed by atoms with Gasteiger partial charge < -0.3 is 19.7 Å². The predicted octanol–water partition coefficient (Wildman–Crippen LogP) is 2.82. The predicted molar refractivity (Wildman–Crippen MR) is 103 cm³/mol. The van der Waals surface area contributed by atoms with Gasteiger partial charge in [0.15, 0.2) is 5.13 Å². The molecule has 2 aliphatic rings. The molecule has 0 bridgehead atoms. The first-order valence-electron chi connectivity index (χ1n) is 9.32. The number of carbonyl (C=O) groups is 1. The van der Waals surface area contributed by atoms with Crippen LogP contribution in [0.3, 0.4) is 0 Å². The molecular weight excluding hydrogens is 350 g/mol. The lowest BCUT2D eigenvalue weighted by Crippen LogP contribution is -2.42.